The average Bonchev–Trinajstić information content (AvgIpc) is 2.78. The Morgan fingerprint density at radius 3 is 2.44 bits per heavy atom. The minimum Gasteiger partial charge on any atom is -0.314 e. The molecule has 0 radical (unpaired) electrons. The molecular weight excluding hydrogens is 202 g/mol. The lowest BCUT2D eigenvalue weighted by Gasteiger charge is -2.31. The molecule has 5 nitrogen and oxygen atoms in total. The lowest BCUT2D eigenvalue weighted by molar-refractivity contribution is 0.179. The fraction of sp³-hybridized carbons (Fsp3) is 0.818. The monoisotopic (exact) mass is 223 g/mol. The zero-order valence-electron chi connectivity index (χ0n) is 10.3. The van der Waals surface area contributed by atoms with Gasteiger partial charge in [0.25, 0.3) is 0 Å². The van der Waals surface area contributed by atoms with E-state index in [4.69, 9.17) is 0 Å². The van der Waals surface area contributed by atoms with Crippen molar-refractivity contribution in [1.82, 2.24) is 25.4 Å². The van der Waals surface area contributed by atoms with Gasteiger partial charge in [-0.1, -0.05) is 13.8 Å². The molecule has 1 aromatic rings. The predicted octanol–water partition coefficient (Wildman–Crippen LogP) is 0.894. The summed E-state index contributed by atoms with van der Waals surface area (Å²) in [4.78, 5) is 6.99. The molecule has 16 heavy (non-hydrogen) atoms. The van der Waals surface area contributed by atoms with E-state index in [0.717, 1.165) is 37.8 Å². The van der Waals surface area contributed by atoms with Crippen LogP contribution in [0.4, 0.5) is 0 Å². The second kappa shape index (κ2) is 4.93. The van der Waals surface area contributed by atoms with Gasteiger partial charge in [0.15, 0.2) is 5.82 Å². The van der Waals surface area contributed by atoms with Gasteiger partial charge in [0, 0.05) is 32.1 Å². The van der Waals surface area contributed by atoms with Crippen LogP contribution in [0.15, 0.2) is 0 Å². The molecule has 1 saturated heterocycles. The SMILES string of the molecule is CC(C)c1n[nH]c(C(C)N2CCNCC2)n1. The number of hydrogen-bond acceptors (Lipinski definition) is 4. The van der Waals surface area contributed by atoms with Crippen LogP contribution < -0.4 is 5.32 Å². The third-order valence-corrected chi connectivity index (χ3v) is 3.13. The van der Waals surface area contributed by atoms with Crippen molar-refractivity contribution < 1.29 is 0 Å². The number of nitrogens with one attached hydrogen (secondary N) is 2. The van der Waals surface area contributed by atoms with Crippen molar-refractivity contribution in [3.63, 3.8) is 0 Å². The summed E-state index contributed by atoms with van der Waals surface area (Å²) in [6.45, 7) is 10.7. The van der Waals surface area contributed by atoms with Crippen LogP contribution in [0.5, 0.6) is 0 Å². The molecule has 2 heterocycles. The third kappa shape index (κ3) is 2.41. The quantitative estimate of drug-likeness (QED) is 0.799. The van der Waals surface area contributed by atoms with Gasteiger partial charge in [0.2, 0.25) is 0 Å². The smallest absolute Gasteiger partial charge is 0.153 e. The highest BCUT2D eigenvalue weighted by Gasteiger charge is 2.21. The lowest BCUT2D eigenvalue weighted by atomic mass is 10.2. The molecule has 1 aliphatic rings. The van der Waals surface area contributed by atoms with E-state index < -0.39 is 0 Å². The molecule has 0 saturated carbocycles. The van der Waals surface area contributed by atoms with Crippen LogP contribution in [0.2, 0.25) is 0 Å². The van der Waals surface area contributed by atoms with E-state index in [9.17, 15) is 0 Å². The maximum Gasteiger partial charge on any atom is 0.153 e. The zero-order chi connectivity index (χ0) is 11.5. The van der Waals surface area contributed by atoms with Crippen molar-refractivity contribution in [2.24, 2.45) is 0 Å². The molecule has 5 heteroatoms. The molecule has 2 N–H and O–H groups in total. The predicted molar refractivity (Wildman–Crippen MR) is 63.3 cm³/mol. The van der Waals surface area contributed by atoms with Gasteiger partial charge in [-0.3, -0.25) is 10.00 Å². The second-order valence-corrected chi connectivity index (χ2v) is 4.70. The Hall–Kier alpha value is -0.940. The van der Waals surface area contributed by atoms with Crippen LogP contribution in [0.1, 0.15) is 44.4 Å². The summed E-state index contributed by atoms with van der Waals surface area (Å²) in [5, 5.41) is 10.7. The number of nitrogens with zero attached hydrogens (tertiary/aromatic N) is 3. The molecule has 0 aromatic carbocycles. The van der Waals surface area contributed by atoms with E-state index in [-0.39, 0.29) is 0 Å². The third-order valence-electron chi connectivity index (χ3n) is 3.13. The summed E-state index contributed by atoms with van der Waals surface area (Å²) in [5.41, 5.74) is 0. The Morgan fingerprint density at radius 1 is 1.19 bits per heavy atom. The molecule has 0 bridgehead atoms. The molecule has 1 atom stereocenters. The lowest BCUT2D eigenvalue weighted by Crippen LogP contribution is -2.44. The Kier molecular flexibility index (Phi) is 3.56. The van der Waals surface area contributed by atoms with E-state index in [1.54, 1.807) is 0 Å². The van der Waals surface area contributed by atoms with E-state index in [0.29, 0.717) is 12.0 Å². The maximum absolute atomic E-state index is 4.56. The van der Waals surface area contributed by atoms with Gasteiger partial charge in [-0.25, -0.2) is 4.98 Å². The Morgan fingerprint density at radius 2 is 1.88 bits per heavy atom. The molecule has 0 spiro atoms. The molecule has 2 rings (SSSR count). The topological polar surface area (TPSA) is 56.8 Å². The van der Waals surface area contributed by atoms with Crippen molar-refractivity contribution in [1.29, 1.82) is 0 Å². The van der Waals surface area contributed by atoms with Crippen molar-refractivity contribution in [2.75, 3.05) is 26.2 Å². The molecule has 0 aliphatic carbocycles. The fourth-order valence-corrected chi connectivity index (χ4v) is 1.98. The van der Waals surface area contributed by atoms with E-state index in [1.807, 2.05) is 0 Å². The number of H-pyrrole nitrogens is 1. The van der Waals surface area contributed by atoms with Crippen molar-refractivity contribution in [3.05, 3.63) is 11.6 Å². The van der Waals surface area contributed by atoms with Crippen LogP contribution >= 0.6 is 0 Å². The highest BCUT2D eigenvalue weighted by molar-refractivity contribution is 4.99. The largest absolute Gasteiger partial charge is 0.314 e. The Labute approximate surface area is 96.6 Å². The Balaban J connectivity index is 2.04. The van der Waals surface area contributed by atoms with Gasteiger partial charge < -0.3 is 5.32 Å². The van der Waals surface area contributed by atoms with Gasteiger partial charge in [-0.2, -0.15) is 5.10 Å². The standard InChI is InChI=1S/C11H21N5/c1-8(2)10-13-11(15-14-10)9(3)16-6-4-12-5-7-16/h8-9,12H,4-7H2,1-3H3,(H,13,14,15). The maximum atomic E-state index is 4.56. The molecule has 90 valence electrons. The molecular formula is C11H21N5. The first-order chi connectivity index (χ1) is 7.68. The van der Waals surface area contributed by atoms with Gasteiger partial charge in [-0.15, -0.1) is 0 Å². The number of rotatable bonds is 3. The zero-order valence-corrected chi connectivity index (χ0v) is 10.3. The van der Waals surface area contributed by atoms with Gasteiger partial charge >= 0.3 is 0 Å². The van der Waals surface area contributed by atoms with Crippen LogP contribution in [-0.2, 0) is 0 Å². The minimum atomic E-state index is 0.335. The number of piperazine rings is 1. The van der Waals surface area contributed by atoms with Crippen LogP contribution in [0.25, 0.3) is 0 Å². The molecule has 1 unspecified atom stereocenters. The van der Waals surface area contributed by atoms with Crippen LogP contribution in [0, 0.1) is 0 Å². The minimum absolute atomic E-state index is 0.335. The fourth-order valence-electron chi connectivity index (χ4n) is 1.98. The summed E-state index contributed by atoms with van der Waals surface area (Å²) < 4.78 is 0. The summed E-state index contributed by atoms with van der Waals surface area (Å²) in [6.07, 6.45) is 0. The van der Waals surface area contributed by atoms with E-state index in [1.165, 1.54) is 0 Å². The summed E-state index contributed by atoms with van der Waals surface area (Å²) in [7, 11) is 0. The summed E-state index contributed by atoms with van der Waals surface area (Å²) in [5.74, 6) is 2.29. The molecule has 0 amide bonds. The first-order valence-electron chi connectivity index (χ1n) is 6.05. The van der Waals surface area contributed by atoms with Crippen LogP contribution in [0.3, 0.4) is 0 Å². The summed E-state index contributed by atoms with van der Waals surface area (Å²) >= 11 is 0. The van der Waals surface area contributed by atoms with Gasteiger partial charge in [0.05, 0.1) is 6.04 Å². The number of aromatic nitrogens is 3. The second-order valence-electron chi connectivity index (χ2n) is 4.70. The van der Waals surface area contributed by atoms with E-state index in [2.05, 4.69) is 46.2 Å². The van der Waals surface area contributed by atoms with Gasteiger partial charge in [0.1, 0.15) is 5.82 Å². The normalized spacial score (nSPS) is 20.2. The van der Waals surface area contributed by atoms with Crippen LogP contribution in [-0.4, -0.2) is 46.3 Å². The van der Waals surface area contributed by atoms with Gasteiger partial charge in [-0.05, 0) is 6.92 Å². The Bertz CT molecular complexity index is 327. The van der Waals surface area contributed by atoms with Crippen molar-refractivity contribution in [3.8, 4) is 0 Å². The highest BCUT2D eigenvalue weighted by atomic mass is 15.3. The summed E-state index contributed by atoms with van der Waals surface area (Å²) in [6, 6.07) is 0.335. The van der Waals surface area contributed by atoms with Crippen molar-refractivity contribution in [2.45, 2.75) is 32.7 Å². The molecule has 1 fully saturated rings. The van der Waals surface area contributed by atoms with E-state index >= 15 is 0 Å². The highest BCUT2D eigenvalue weighted by Crippen LogP contribution is 2.18. The number of aromatic amines is 1. The first-order valence-corrected chi connectivity index (χ1v) is 6.05. The number of hydrogen-bond donors (Lipinski definition) is 2. The average molecular weight is 223 g/mol. The molecule has 1 aliphatic heterocycles. The first kappa shape index (κ1) is 11.5. The molecule has 1 aromatic heterocycles. The van der Waals surface area contributed by atoms with Crippen molar-refractivity contribution >= 4 is 0 Å².